The number of amides is 1. The maximum atomic E-state index is 12.2. The minimum absolute atomic E-state index is 0.0796. The zero-order valence-corrected chi connectivity index (χ0v) is 14.6. The van der Waals surface area contributed by atoms with Crippen molar-refractivity contribution < 1.29 is 9.59 Å². The van der Waals surface area contributed by atoms with Gasteiger partial charge in [-0.1, -0.05) is 23.7 Å². The fourth-order valence-corrected chi connectivity index (χ4v) is 3.04. The van der Waals surface area contributed by atoms with Gasteiger partial charge in [0.1, 0.15) is 0 Å². The van der Waals surface area contributed by atoms with E-state index in [1.54, 1.807) is 24.4 Å². The lowest BCUT2D eigenvalue weighted by molar-refractivity contribution is -0.117. The van der Waals surface area contributed by atoms with Crippen molar-refractivity contribution in [2.45, 2.75) is 0 Å². The number of para-hydroxylation sites is 1. The Bertz CT molecular complexity index is 724. The number of hydrogen-bond acceptors (Lipinski definition) is 4. The fourth-order valence-electron chi connectivity index (χ4n) is 2.85. The van der Waals surface area contributed by atoms with Gasteiger partial charge in [0.15, 0.2) is 5.78 Å². The van der Waals surface area contributed by atoms with Gasteiger partial charge in [0, 0.05) is 32.4 Å². The van der Waals surface area contributed by atoms with Gasteiger partial charge in [-0.3, -0.25) is 19.4 Å². The van der Waals surface area contributed by atoms with E-state index in [1.165, 1.54) is 0 Å². The number of nitrogens with one attached hydrogen (secondary N) is 2. The number of Topliss-reactive ketones (excluding diaryl/α,β-unsaturated/α-hetero) is 1. The van der Waals surface area contributed by atoms with Crippen molar-refractivity contribution in [3.8, 4) is 0 Å². The number of aromatic amines is 1. The van der Waals surface area contributed by atoms with Crippen molar-refractivity contribution in [1.82, 2.24) is 14.8 Å². The maximum absolute atomic E-state index is 12.2. The Kier molecular flexibility index (Phi) is 5.86. The SMILES string of the molecule is O=C(CN1CCN(CC(=O)c2ccc[nH]2)CC1)Nc1ccccc1Cl. The molecule has 7 heteroatoms. The molecule has 2 N–H and O–H groups in total. The molecule has 1 amide bonds. The van der Waals surface area contributed by atoms with Gasteiger partial charge in [0.2, 0.25) is 5.91 Å². The van der Waals surface area contributed by atoms with Gasteiger partial charge >= 0.3 is 0 Å². The first kappa shape index (κ1) is 17.7. The molecule has 25 heavy (non-hydrogen) atoms. The molecule has 1 aliphatic rings. The number of ketones is 1. The van der Waals surface area contributed by atoms with Crippen molar-refractivity contribution in [2.24, 2.45) is 0 Å². The summed E-state index contributed by atoms with van der Waals surface area (Å²) in [5.74, 6) is 0.0129. The summed E-state index contributed by atoms with van der Waals surface area (Å²) in [6.07, 6.45) is 1.75. The van der Waals surface area contributed by atoms with Crippen LogP contribution >= 0.6 is 11.6 Å². The fraction of sp³-hybridized carbons (Fsp3) is 0.333. The molecule has 0 spiro atoms. The predicted octanol–water partition coefficient (Wildman–Crippen LogP) is 2.11. The molecule has 1 saturated heterocycles. The van der Waals surface area contributed by atoms with Crippen molar-refractivity contribution in [3.63, 3.8) is 0 Å². The van der Waals surface area contributed by atoms with E-state index in [9.17, 15) is 9.59 Å². The summed E-state index contributed by atoms with van der Waals surface area (Å²) in [4.78, 5) is 31.4. The number of piperazine rings is 1. The van der Waals surface area contributed by atoms with Crippen LogP contribution in [0.2, 0.25) is 5.02 Å². The van der Waals surface area contributed by atoms with Crippen LogP contribution in [-0.4, -0.2) is 65.7 Å². The minimum atomic E-state index is -0.0796. The lowest BCUT2D eigenvalue weighted by atomic mass is 10.2. The average Bonchev–Trinajstić information content (AvgIpc) is 3.13. The number of carbonyl (C=O) groups excluding carboxylic acids is 2. The van der Waals surface area contributed by atoms with Gasteiger partial charge in [0.25, 0.3) is 0 Å². The molecule has 1 aliphatic heterocycles. The minimum Gasteiger partial charge on any atom is -0.359 e. The summed E-state index contributed by atoms with van der Waals surface area (Å²) >= 11 is 6.05. The Hall–Kier alpha value is -2.15. The van der Waals surface area contributed by atoms with E-state index < -0.39 is 0 Å². The highest BCUT2D eigenvalue weighted by atomic mass is 35.5. The van der Waals surface area contributed by atoms with Crippen LogP contribution in [0.5, 0.6) is 0 Å². The quantitative estimate of drug-likeness (QED) is 0.774. The molecule has 0 aliphatic carbocycles. The first-order valence-corrected chi connectivity index (χ1v) is 8.65. The largest absolute Gasteiger partial charge is 0.359 e. The number of rotatable bonds is 6. The van der Waals surface area contributed by atoms with E-state index in [0.717, 1.165) is 26.2 Å². The predicted molar refractivity (Wildman–Crippen MR) is 98.1 cm³/mol. The van der Waals surface area contributed by atoms with E-state index in [4.69, 9.17) is 11.6 Å². The molecule has 2 aromatic rings. The Labute approximate surface area is 151 Å². The van der Waals surface area contributed by atoms with E-state index in [0.29, 0.717) is 29.5 Å². The normalized spacial score (nSPS) is 15.9. The Morgan fingerprint density at radius 2 is 1.68 bits per heavy atom. The number of H-pyrrole nitrogens is 1. The molecular weight excluding hydrogens is 340 g/mol. The van der Waals surface area contributed by atoms with Crippen molar-refractivity contribution in [2.75, 3.05) is 44.6 Å². The van der Waals surface area contributed by atoms with Gasteiger partial charge in [0.05, 0.1) is 29.5 Å². The second-order valence-electron chi connectivity index (χ2n) is 6.09. The number of benzene rings is 1. The Morgan fingerprint density at radius 1 is 1.00 bits per heavy atom. The molecule has 0 radical (unpaired) electrons. The van der Waals surface area contributed by atoms with Crippen LogP contribution in [0.15, 0.2) is 42.6 Å². The van der Waals surface area contributed by atoms with Crippen LogP contribution in [0.25, 0.3) is 0 Å². The Morgan fingerprint density at radius 3 is 2.32 bits per heavy atom. The lowest BCUT2D eigenvalue weighted by Crippen LogP contribution is -2.49. The number of nitrogens with zero attached hydrogens (tertiary/aromatic N) is 2. The zero-order chi connectivity index (χ0) is 17.6. The number of anilines is 1. The molecule has 6 nitrogen and oxygen atoms in total. The van der Waals surface area contributed by atoms with Crippen molar-refractivity contribution >= 4 is 29.0 Å². The highest BCUT2D eigenvalue weighted by molar-refractivity contribution is 6.33. The summed E-state index contributed by atoms with van der Waals surface area (Å²) in [7, 11) is 0. The lowest BCUT2D eigenvalue weighted by Gasteiger charge is -2.33. The van der Waals surface area contributed by atoms with Crippen LogP contribution in [0, 0.1) is 0 Å². The summed E-state index contributed by atoms with van der Waals surface area (Å²) in [5.41, 5.74) is 1.27. The summed E-state index contributed by atoms with van der Waals surface area (Å²) in [6.45, 7) is 3.78. The van der Waals surface area contributed by atoms with Crippen LogP contribution in [0.1, 0.15) is 10.5 Å². The van der Waals surface area contributed by atoms with E-state index >= 15 is 0 Å². The van der Waals surface area contributed by atoms with Gasteiger partial charge in [-0.2, -0.15) is 0 Å². The second kappa shape index (κ2) is 8.29. The number of aromatic nitrogens is 1. The third-order valence-corrected chi connectivity index (χ3v) is 4.58. The van der Waals surface area contributed by atoms with Gasteiger partial charge in [-0.15, -0.1) is 0 Å². The van der Waals surface area contributed by atoms with E-state index in [2.05, 4.69) is 20.1 Å². The third-order valence-electron chi connectivity index (χ3n) is 4.25. The summed E-state index contributed by atoms with van der Waals surface area (Å²) in [5, 5.41) is 3.37. The molecule has 1 aromatic heterocycles. The third kappa shape index (κ3) is 4.92. The van der Waals surface area contributed by atoms with Gasteiger partial charge < -0.3 is 10.3 Å². The molecule has 132 valence electrons. The van der Waals surface area contributed by atoms with E-state index in [-0.39, 0.29) is 11.7 Å². The molecule has 1 aromatic carbocycles. The van der Waals surface area contributed by atoms with E-state index in [1.807, 2.05) is 18.2 Å². The number of hydrogen-bond donors (Lipinski definition) is 2. The molecule has 0 atom stereocenters. The number of carbonyl (C=O) groups is 2. The number of halogens is 1. The highest BCUT2D eigenvalue weighted by Crippen LogP contribution is 2.20. The van der Waals surface area contributed by atoms with Gasteiger partial charge in [-0.05, 0) is 24.3 Å². The van der Waals surface area contributed by atoms with Gasteiger partial charge in [-0.25, -0.2) is 0 Å². The molecule has 1 fully saturated rings. The molecule has 3 rings (SSSR count). The van der Waals surface area contributed by atoms with Crippen LogP contribution < -0.4 is 5.32 Å². The monoisotopic (exact) mass is 360 g/mol. The highest BCUT2D eigenvalue weighted by Gasteiger charge is 2.21. The van der Waals surface area contributed by atoms with Crippen molar-refractivity contribution in [1.29, 1.82) is 0 Å². The molecular formula is C18H21ClN4O2. The smallest absolute Gasteiger partial charge is 0.238 e. The first-order valence-electron chi connectivity index (χ1n) is 8.27. The average molecular weight is 361 g/mol. The topological polar surface area (TPSA) is 68.4 Å². The first-order chi connectivity index (χ1) is 12.1. The standard InChI is InChI=1S/C18H21ClN4O2/c19-14-4-1-2-5-15(14)21-18(25)13-23-10-8-22(9-11-23)12-17(24)16-6-3-7-20-16/h1-7,20H,8-13H2,(H,21,25). The molecule has 0 unspecified atom stereocenters. The van der Waals surface area contributed by atoms with Crippen LogP contribution in [0.3, 0.4) is 0 Å². The second-order valence-corrected chi connectivity index (χ2v) is 6.49. The Balaban J connectivity index is 1.42. The van der Waals surface area contributed by atoms with Crippen LogP contribution in [-0.2, 0) is 4.79 Å². The molecule has 0 saturated carbocycles. The summed E-state index contributed by atoms with van der Waals surface area (Å²) < 4.78 is 0. The molecule has 0 bridgehead atoms. The maximum Gasteiger partial charge on any atom is 0.238 e. The van der Waals surface area contributed by atoms with Crippen LogP contribution in [0.4, 0.5) is 5.69 Å². The van der Waals surface area contributed by atoms with Crippen molar-refractivity contribution in [3.05, 3.63) is 53.3 Å². The summed E-state index contributed by atoms with van der Waals surface area (Å²) in [6, 6.07) is 10.8. The zero-order valence-electron chi connectivity index (χ0n) is 13.9. The molecule has 2 heterocycles.